The van der Waals surface area contributed by atoms with E-state index in [9.17, 15) is 23.8 Å². The number of thiophene rings is 1. The molecular formula is C19H13F2NO3S. The Kier molecular flexibility index (Phi) is 3.52. The molecule has 26 heavy (non-hydrogen) atoms. The Morgan fingerprint density at radius 2 is 1.88 bits per heavy atom. The Balaban J connectivity index is 2.16. The number of fused-ring (bicyclic) bond motifs is 3. The van der Waals surface area contributed by atoms with Crippen LogP contribution in [0.3, 0.4) is 0 Å². The first-order valence-electron chi connectivity index (χ1n) is 7.73. The molecule has 0 radical (unpaired) electrons. The van der Waals surface area contributed by atoms with Crippen LogP contribution in [0.2, 0.25) is 0 Å². The number of hydrogen-bond donors (Lipinski definition) is 3. The monoisotopic (exact) mass is 373 g/mol. The fraction of sp³-hybridized carbons (Fsp3) is 0.105. The summed E-state index contributed by atoms with van der Waals surface area (Å²) in [7, 11) is 0. The summed E-state index contributed by atoms with van der Waals surface area (Å²) >= 11 is 1.25. The van der Waals surface area contributed by atoms with Gasteiger partial charge in [-0.25, -0.2) is 8.78 Å². The number of hydrogen-bond acceptors (Lipinski definition) is 4. The number of aromatic hydroxyl groups is 2. The van der Waals surface area contributed by atoms with E-state index in [2.05, 4.69) is 4.98 Å². The van der Waals surface area contributed by atoms with Crippen LogP contribution in [0, 0.1) is 0 Å². The molecule has 0 saturated carbocycles. The summed E-state index contributed by atoms with van der Waals surface area (Å²) in [5.74, 6) is -3.62. The molecule has 0 aliphatic carbocycles. The van der Waals surface area contributed by atoms with E-state index in [1.165, 1.54) is 29.5 Å². The van der Waals surface area contributed by atoms with Crippen LogP contribution in [0.5, 0.6) is 11.5 Å². The third-order valence-electron chi connectivity index (χ3n) is 4.29. The van der Waals surface area contributed by atoms with Gasteiger partial charge in [0.25, 0.3) is 11.5 Å². The fourth-order valence-corrected chi connectivity index (χ4v) is 3.93. The van der Waals surface area contributed by atoms with E-state index in [-0.39, 0.29) is 33.7 Å². The molecule has 0 atom stereocenters. The molecule has 0 unspecified atom stereocenters. The molecule has 2 heterocycles. The predicted octanol–water partition coefficient (Wildman–Crippen LogP) is 4.93. The van der Waals surface area contributed by atoms with Crippen LogP contribution in [0.4, 0.5) is 8.78 Å². The maximum atomic E-state index is 13.8. The molecule has 4 rings (SSSR count). The van der Waals surface area contributed by atoms with Gasteiger partial charge in [-0.1, -0.05) is 0 Å². The molecule has 0 spiro atoms. The molecule has 4 aromatic rings. The molecule has 0 aliphatic heterocycles. The molecule has 2 aromatic carbocycles. The number of aromatic amines is 1. The van der Waals surface area contributed by atoms with Gasteiger partial charge in [0.2, 0.25) is 0 Å². The first-order chi connectivity index (χ1) is 12.3. The van der Waals surface area contributed by atoms with E-state index >= 15 is 0 Å². The summed E-state index contributed by atoms with van der Waals surface area (Å²) in [5.41, 5.74) is 0.375. The van der Waals surface area contributed by atoms with Crippen LogP contribution in [0.25, 0.3) is 32.1 Å². The highest BCUT2D eigenvalue weighted by Crippen LogP contribution is 2.42. The fourth-order valence-electron chi connectivity index (χ4n) is 3.14. The van der Waals surface area contributed by atoms with Crippen LogP contribution in [0.15, 0.2) is 46.6 Å². The maximum Gasteiger partial charge on any atom is 0.270 e. The second-order valence-corrected chi connectivity index (χ2v) is 7.07. The zero-order valence-electron chi connectivity index (χ0n) is 13.5. The second-order valence-electron chi connectivity index (χ2n) is 6.16. The summed E-state index contributed by atoms with van der Waals surface area (Å²) in [6, 6.07) is 8.24. The van der Waals surface area contributed by atoms with E-state index in [4.69, 9.17) is 0 Å². The Hall–Kier alpha value is -2.93. The van der Waals surface area contributed by atoms with Crippen molar-refractivity contribution in [1.29, 1.82) is 0 Å². The van der Waals surface area contributed by atoms with Crippen molar-refractivity contribution in [2.45, 2.75) is 12.8 Å². The van der Waals surface area contributed by atoms with E-state index in [0.29, 0.717) is 21.0 Å². The van der Waals surface area contributed by atoms with E-state index in [1.807, 2.05) is 0 Å². The Morgan fingerprint density at radius 3 is 2.62 bits per heavy atom. The zero-order valence-corrected chi connectivity index (χ0v) is 14.3. The average molecular weight is 373 g/mol. The molecule has 0 bridgehead atoms. The van der Waals surface area contributed by atoms with Crippen molar-refractivity contribution in [3.8, 4) is 22.6 Å². The van der Waals surface area contributed by atoms with Crippen molar-refractivity contribution in [3.05, 3.63) is 57.7 Å². The van der Waals surface area contributed by atoms with Crippen molar-refractivity contribution in [3.63, 3.8) is 0 Å². The second kappa shape index (κ2) is 5.54. The molecule has 3 N–H and O–H groups in total. The normalized spacial score (nSPS) is 12.1. The van der Waals surface area contributed by atoms with Gasteiger partial charge < -0.3 is 15.2 Å². The van der Waals surface area contributed by atoms with E-state index in [1.54, 1.807) is 17.5 Å². The summed E-state index contributed by atoms with van der Waals surface area (Å²) in [6.07, 6.45) is 0. The van der Waals surface area contributed by atoms with Crippen molar-refractivity contribution >= 4 is 32.3 Å². The van der Waals surface area contributed by atoms with Gasteiger partial charge in [-0.2, -0.15) is 0 Å². The number of H-pyrrole nitrogens is 1. The van der Waals surface area contributed by atoms with Crippen molar-refractivity contribution < 1.29 is 19.0 Å². The number of aromatic nitrogens is 1. The van der Waals surface area contributed by atoms with Gasteiger partial charge >= 0.3 is 0 Å². The van der Waals surface area contributed by atoms with Gasteiger partial charge in [0.1, 0.15) is 16.2 Å². The third kappa shape index (κ3) is 2.52. The summed E-state index contributed by atoms with van der Waals surface area (Å²) < 4.78 is 28.0. The number of pyridine rings is 1. The lowest BCUT2D eigenvalue weighted by molar-refractivity contribution is 0.0173. The Bertz CT molecular complexity index is 1220. The highest BCUT2D eigenvalue weighted by molar-refractivity contribution is 7.17. The summed E-state index contributed by atoms with van der Waals surface area (Å²) in [4.78, 5) is 14.9. The number of nitrogens with one attached hydrogen (secondary N) is 1. The minimum absolute atomic E-state index is 0.131. The van der Waals surface area contributed by atoms with Crippen molar-refractivity contribution in [2.24, 2.45) is 0 Å². The van der Waals surface area contributed by atoms with Crippen LogP contribution >= 0.6 is 11.3 Å². The SMILES string of the molecule is CC(F)(F)c1cc(O)cc(-c2c(O)ccc3[nH]c(=O)c4sccc4c23)c1. The average Bonchev–Trinajstić information content (AvgIpc) is 3.04. The number of benzene rings is 2. The molecule has 7 heteroatoms. The third-order valence-corrected chi connectivity index (χ3v) is 5.20. The van der Waals surface area contributed by atoms with Gasteiger partial charge in [0.05, 0.1) is 0 Å². The first-order valence-corrected chi connectivity index (χ1v) is 8.61. The minimum Gasteiger partial charge on any atom is -0.508 e. The van der Waals surface area contributed by atoms with Crippen LogP contribution in [-0.2, 0) is 5.92 Å². The van der Waals surface area contributed by atoms with Gasteiger partial charge in [-0.05, 0) is 47.3 Å². The van der Waals surface area contributed by atoms with Crippen LogP contribution < -0.4 is 5.56 Å². The van der Waals surface area contributed by atoms with Crippen LogP contribution in [0.1, 0.15) is 12.5 Å². The molecular weight excluding hydrogens is 360 g/mol. The number of phenolic OH excluding ortho intramolecular Hbond substituents is 2. The molecule has 0 amide bonds. The molecule has 132 valence electrons. The topological polar surface area (TPSA) is 73.3 Å². The Labute approximate surface area is 150 Å². The minimum atomic E-state index is -3.15. The number of rotatable bonds is 2. The standard InChI is InChI=1S/C19H13F2NO3S/c1-19(20,21)10-6-9(7-11(23)8-10)15-14(24)3-2-13-16(15)12-4-5-26-17(12)18(25)22-13/h2-8,23-24H,1H3,(H,22,25). The predicted molar refractivity (Wildman–Crippen MR) is 98.3 cm³/mol. The highest BCUT2D eigenvalue weighted by Gasteiger charge is 2.26. The Morgan fingerprint density at radius 1 is 1.12 bits per heavy atom. The van der Waals surface area contributed by atoms with Crippen LogP contribution in [-0.4, -0.2) is 15.2 Å². The molecule has 0 fully saturated rings. The maximum absolute atomic E-state index is 13.8. The lowest BCUT2D eigenvalue weighted by atomic mass is 9.94. The van der Waals surface area contributed by atoms with E-state index < -0.39 is 5.92 Å². The number of phenols is 2. The zero-order chi connectivity index (χ0) is 18.6. The smallest absolute Gasteiger partial charge is 0.270 e. The molecule has 2 aromatic heterocycles. The quantitative estimate of drug-likeness (QED) is 0.466. The largest absolute Gasteiger partial charge is 0.508 e. The van der Waals surface area contributed by atoms with Gasteiger partial charge in [-0.15, -0.1) is 11.3 Å². The van der Waals surface area contributed by atoms with Gasteiger partial charge in [-0.3, -0.25) is 4.79 Å². The van der Waals surface area contributed by atoms with E-state index in [0.717, 1.165) is 13.0 Å². The molecule has 4 nitrogen and oxygen atoms in total. The summed E-state index contributed by atoms with van der Waals surface area (Å²) in [5, 5.41) is 23.3. The van der Waals surface area contributed by atoms with Gasteiger partial charge in [0, 0.05) is 34.3 Å². The molecule has 0 aliphatic rings. The molecule has 0 saturated heterocycles. The lowest BCUT2D eigenvalue weighted by Crippen LogP contribution is -2.07. The summed E-state index contributed by atoms with van der Waals surface area (Å²) in [6.45, 7) is 0.739. The van der Waals surface area contributed by atoms with Crippen molar-refractivity contribution in [2.75, 3.05) is 0 Å². The number of halogens is 2. The highest BCUT2D eigenvalue weighted by atomic mass is 32.1. The lowest BCUT2D eigenvalue weighted by Gasteiger charge is -2.15. The number of alkyl halides is 2. The first kappa shape index (κ1) is 16.5. The van der Waals surface area contributed by atoms with Gasteiger partial charge in [0.15, 0.2) is 0 Å². The van der Waals surface area contributed by atoms with Crippen molar-refractivity contribution in [1.82, 2.24) is 4.98 Å².